The zero-order valence-corrected chi connectivity index (χ0v) is 19.1. The first-order chi connectivity index (χ1) is 16.0. The molecule has 5 heterocycles. The molecule has 3 aromatic heterocycles. The molecule has 2 fully saturated rings. The summed E-state index contributed by atoms with van der Waals surface area (Å²) in [6, 6.07) is 4.14. The smallest absolute Gasteiger partial charge is 0.255 e. The predicted molar refractivity (Wildman–Crippen MR) is 122 cm³/mol. The molecule has 2 aliphatic heterocycles. The van der Waals surface area contributed by atoms with Gasteiger partial charge in [-0.2, -0.15) is 10.2 Å². The number of fused-ring (bicyclic) bond motifs is 1. The zero-order chi connectivity index (χ0) is 22.6. The molecule has 1 amide bonds. The maximum absolute atomic E-state index is 12.8. The molecule has 1 unspecified atom stereocenters. The molecule has 2 saturated heterocycles. The summed E-state index contributed by atoms with van der Waals surface area (Å²) in [5, 5.41) is 14.9. The Morgan fingerprint density at radius 2 is 2.21 bits per heavy atom. The molecule has 0 saturated carbocycles. The third-order valence-corrected chi connectivity index (χ3v) is 7.30. The van der Waals surface area contributed by atoms with Gasteiger partial charge in [0.1, 0.15) is 11.4 Å². The fraction of sp³-hybridized carbons (Fsp3) is 0.500. The van der Waals surface area contributed by atoms with Gasteiger partial charge in [0.2, 0.25) is 0 Å². The molecule has 3 aliphatic rings. The summed E-state index contributed by atoms with van der Waals surface area (Å²) in [4.78, 5) is 19.9. The van der Waals surface area contributed by atoms with Gasteiger partial charge < -0.3 is 15.0 Å². The highest BCUT2D eigenvalue weighted by atomic mass is 16.5. The van der Waals surface area contributed by atoms with Crippen molar-refractivity contribution in [2.24, 2.45) is 0 Å². The van der Waals surface area contributed by atoms with E-state index in [1.165, 1.54) is 5.56 Å². The number of ether oxygens (including phenoxy) is 1. The van der Waals surface area contributed by atoms with E-state index >= 15 is 0 Å². The largest absolute Gasteiger partial charge is 0.371 e. The van der Waals surface area contributed by atoms with Crippen LogP contribution in [0.1, 0.15) is 63.9 Å². The second-order valence-electron chi connectivity index (χ2n) is 9.61. The van der Waals surface area contributed by atoms with Gasteiger partial charge in [-0.25, -0.2) is 4.98 Å². The Labute approximate surface area is 192 Å². The molecule has 172 valence electrons. The number of carbonyl (C=O) groups excluding carboxylic acids is 1. The van der Waals surface area contributed by atoms with Crippen LogP contribution in [0.15, 0.2) is 24.5 Å². The predicted octanol–water partition coefficient (Wildman–Crippen LogP) is 2.45. The lowest BCUT2D eigenvalue weighted by atomic mass is 9.91. The number of hydrogen-bond donors (Lipinski definition) is 2. The van der Waals surface area contributed by atoms with Crippen molar-refractivity contribution >= 4 is 11.7 Å². The second-order valence-corrected chi connectivity index (χ2v) is 9.61. The van der Waals surface area contributed by atoms with Crippen molar-refractivity contribution < 1.29 is 9.53 Å². The van der Waals surface area contributed by atoms with E-state index in [0.717, 1.165) is 73.8 Å². The lowest BCUT2D eigenvalue weighted by Gasteiger charge is -2.47. The average Bonchev–Trinajstić information content (AvgIpc) is 3.55. The summed E-state index contributed by atoms with van der Waals surface area (Å²) in [7, 11) is 0. The molecule has 1 spiro atoms. The molecule has 1 aliphatic carbocycles. The van der Waals surface area contributed by atoms with Crippen LogP contribution >= 0.6 is 0 Å². The third-order valence-electron chi connectivity index (χ3n) is 7.30. The van der Waals surface area contributed by atoms with Gasteiger partial charge in [0.25, 0.3) is 5.91 Å². The van der Waals surface area contributed by atoms with E-state index in [-0.39, 0.29) is 17.6 Å². The first kappa shape index (κ1) is 20.4. The summed E-state index contributed by atoms with van der Waals surface area (Å²) in [6.45, 7) is 7.36. The summed E-state index contributed by atoms with van der Waals surface area (Å²) in [5.41, 5.74) is 5.97. The highest BCUT2D eigenvalue weighted by Crippen LogP contribution is 2.37. The number of hydrogen-bond acceptors (Lipinski definition) is 6. The molecule has 1 atom stereocenters. The van der Waals surface area contributed by atoms with Crippen molar-refractivity contribution in [3.05, 3.63) is 58.3 Å². The molecule has 33 heavy (non-hydrogen) atoms. The highest BCUT2D eigenvalue weighted by molar-refractivity contribution is 5.94. The molecule has 6 rings (SSSR count). The van der Waals surface area contributed by atoms with E-state index in [9.17, 15) is 4.79 Å². The Hall–Kier alpha value is -3.20. The number of aryl methyl sites for hydroxylation is 2. The van der Waals surface area contributed by atoms with E-state index in [1.807, 2.05) is 13.8 Å². The Morgan fingerprint density at radius 1 is 1.33 bits per heavy atom. The molecule has 9 heteroatoms. The van der Waals surface area contributed by atoms with Gasteiger partial charge in [-0.1, -0.05) is 6.07 Å². The van der Waals surface area contributed by atoms with E-state index in [1.54, 1.807) is 17.1 Å². The van der Waals surface area contributed by atoms with E-state index < -0.39 is 0 Å². The van der Waals surface area contributed by atoms with Gasteiger partial charge in [-0.15, -0.1) is 0 Å². The van der Waals surface area contributed by atoms with Crippen LogP contribution in [-0.2, 0) is 17.7 Å². The van der Waals surface area contributed by atoms with Crippen LogP contribution < -0.4 is 10.2 Å². The van der Waals surface area contributed by atoms with Crippen LogP contribution in [0.3, 0.4) is 0 Å². The SMILES string of the molecule is Cc1nc(N2CC3(CCCO3)C2)ccc1Cn1cc(C(=O)NC2CCc3c2n[nH]c3C)cn1. The zero-order valence-electron chi connectivity index (χ0n) is 19.1. The minimum atomic E-state index is -0.120. The van der Waals surface area contributed by atoms with Gasteiger partial charge in [0, 0.05) is 24.2 Å². The van der Waals surface area contributed by atoms with Crippen LogP contribution in [0.5, 0.6) is 0 Å². The van der Waals surface area contributed by atoms with E-state index in [2.05, 4.69) is 37.6 Å². The van der Waals surface area contributed by atoms with Crippen molar-refractivity contribution in [2.45, 2.75) is 57.7 Å². The molecule has 0 radical (unpaired) electrons. The second kappa shape index (κ2) is 7.69. The van der Waals surface area contributed by atoms with Crippen molar-refractivity contribution in [3.8, 4) is 0 Å². The molecular formula is C24H29N7O2. The van der Waals surface area contributed by atoms with Gasteiger partial charge in [-0.3, -0.25) is 14.6 Å². The normalized spacial score (nSPS) is 20.8. The average molecular weight is 448 g/mol. The molecule has 3 aromatic rings. The van der Waals surface area contributed by atoms with Crippen molar-refractivity contribution in [1.29, 1.82) is 0 Å². The fourth-order valence-corrected chi connectivity index (χ4v) is 5.36. The van der Waals surface area contributed by atoms with Crippen LogP contribution in [0.2, 0.25) is 0 Å². The van der Waals surface area contributed by atoms with Gasteiger partial charge in [0.15, 0.2) is 0 Å². The standard InChI is InChI=1S/C24H29N7O2/c1-15-17(4-7-21(26-15)30-13-24(14-30)8-3-9-33-24)11-31-12-18(10-25-31)23(32)27-20-6-5-19-16(2)28-29-22(19)20/h4,7,10,12,20H,3,5-6,8-9,11,13-14H2,1-2H3,(H,27,32)(H,28,29). The molecule has 2 N–H and O–H groups in total. The quantitative estimate of drug-likeness (QED) is 0.623. The third kappa shape index (κ3) is 3.60. The number of anilines is 1. The molecular weight excluding hydrogens is 418 g/mol. The van der Waals surface area contributed by atoms with Crippen LogP contribution in [-0.4, -0.2) is 56.2 Å². The minimum Gasteiger partial charge on any atom is -0.371 e. The van der Waals surface area contributed by atoms with Crippen LogP contribution in [0.25, 0.3) is 0 Å². The Kier molecular flexibility index (Phi) is 4.76. The number of nitrogens with zero attached hydrogens (tertiary/aromatic N) is 5. The van der Waals surface area contributed by atoms with Gasteiger partial charge in [-0.05, 0) is 56.7 Å². The van der Waals surface area contributed by atoms with E-state index in [0.29, 0.717) is 12.1 Å². The highest BCUT2D eigenvalue weighted by Gasteiger charge is 2.46. The lowest BCUT2D eigenvalue weighted by Crippen LogP contribution is -2.61. The number of rotatable bonds is 5. The van der Waals surface area contributed by atoms with E-state index in [4.69, 9.17) is 9.72 Å². The molecule has 0 aromatic carbocycles. The Bertz CT molecular complexity index is 1200. The molecule has 0 bridgehead atoms. The first-order valence-electron chi connectivity index (χ1n) is 11.7. The Balaban J connectivity index is 1.09. The summed E-state index contributed by atoms with van der Waals surface area (Å²) in [5.74, 6) is 0.883. The number of carbonyl (C=O) groups is 1. The molecule has 9 nitrogen and oxygen atoms in total. The summed E-state index contributed by atoms with van der Waals surface area (Å²) in [6.07, 6.45) is 7.56. The minimum absolute atomic E-state index is 0.0462. The number of amides is 1. The summed E-state index contributed by atoms with van der Waals surface area (Å²) < 4.78 is 7.72. The van der Waals surface area contributed by atoms with Crippen LogP contribution in [0, 0.1) is 13.8 Å². The summed E-state index contributed by atoms with van der Waals surface area (Å²) >= 11 is 0. The monoisotopic (exact) mass is 447 g/mol. The van der Waals surface area contributed by atoms with Crippen molar-refractivity contribution in [3.63, 3.8) is 0 Å². The number of pyridine rings is 1. The van der Waals surface area contributed by atoms with Gasteiger partial charge >= 0.3 is 0 Å². The number of H-pyrrole nitrogens is 1. The Morgan fingerprint density at radius 3 is 3.00 bits per heavy atom. The first-order valence-corrected chi connectivity index (χ1v) is 11.7. The number of nitrogens with one attached hydrogen (secondary N) is 2. The maximum atomic E-state index is 12.8. The van der Waals surface area contributed by atoms with Crippen molar-refractivity contribution in [1.82, 2.24) is 30.3 Å². The van der Waals surface area contributed by atoms with Crippen LogP contribution in [0.4, 0.5) is 5.82 Å². The van der Waals surface area contributed by atoms with Gasteiger partial charge in [0.05, 0.1) is 43.1 Å². The van der Waals surface area contributed by atoms with Crippen molar-refractivity contribution in [2.75, 3.05) is 24.6 Å². The number of aromatic amines is 1. The topological polar surface area (TPSA) is 101 Å². The fourth-order valence-electron chi connectivity index (χ4n) is 5.36. The number of aromatic nitrogens is 5. The maximum Gasteiger partial charge on any atom is 0.255 e. The lowest BCUT2D eigenvalue weighted by molar-refractivity contribution is -0.0184.